The van der Waals surface area contributed by atoms with E-state index in [2.05, 4.69) is 9.88 Å². The molecule has 5 rings (SSSR count). The maximum Gasteiger partial charge on any atom is 0.417 e. The van der Waals surface area contributed by atoms with Gasteiger partial charge in [0.2, 0.25) is 10.0 Å². The molecule has 1 aromatic heterocycles. The molecule has 0 atom stereocenters. The van der Waals surface area contributed by atoms with Crippen LogP contribution in [0.2, 0.25) is 0 Å². The Kier molecular flexibility index (Phi) is 5.98. The monoisotopic (exact) mass is 475 g/mol. The van der Waals surface area contributed by atoms with Crippen LogP contribution in [0.4, 0.5) is 4.39 Å². The number of nitrogens with one attached hydrogen (secondary N) is 1. The number of benzene rings is 2. The number of hydrogen-bond donors (Lipinski definition) is 1. The van der Waals surface area contributed by atoms with E-state index in [1.807, 2.05) is 0 Å². The molecule has 1 N–H and O–H groups in total. The molecule has 0 spiro atoms. The molecule has 2 aliphatic rings. The molecule has 2 aromatic carbocycles. The maximum absolute atomic E-state index is 13.8. The third kappa shape index (κ3) is 4.55. The van der Waals surface area contributed by atoms with E-state index in [9.17, 15) is 17.6 Å². The number of H-pyrrole nitrogens is 1. The summed E-state index contributed by atoms with van der Waals surface area (Å²) in [6.07, 6.45) is 3.12. The molecule has 0 radical (unpaired) electrons. The van der Waals surface area contributed by atoms with Crippen molar-refractivity contribution in [1.29, 1.82) is 0 Å². The second-order valence-corrected chi connectivity index (χ2v) is 10.5. The van der Waals surface area contributed by atoms with Crippen LogP contribution in [0, 0.1) is 5.82 Å². The van der Waals surface area contributed by atoms with Crippen molar-refractivity contribution in [1.82, 2.24) is 14.2 Å². The van der Waals surface area contributed by atoms with Crippen molar-refractivity contribution in [3.8, 4) is 5.75 Å². The van der Waals surface area contributed by atoms with E-state index in [1.54, 1.807) is 18.2 Å². The molecule has 0 aliphatic carbocycles. The van der Waals surface area contributed by atoms with Crippen LogP contribution in [0.5, 0.6) is 5.75 Å². The van der Waals surface area contributed by atoms with Gasteiger partial charge in [-0.3, -0.25) is 4.98 Å². The Bertz CT molecular complexity index is 1290. The first-order valence-electron chi connectivity index (χ1n) is 11.2. The molecule has 2 aliphatic heterocycles. The van der Waals surface area contributed by atoms with E-state index in [-0.39, 0.29) is 16.8 Å². The second kappa shape index (κ2) is 8.92. The summed E-state index contributed by atoms with van der Waals surface area (Å²) in [7, 11) is -3.65. The third-order valence-electron chi connectivity index (χ3n) is 6.57. The van der Waals surface area contributed by atoms with Crippen LogP contribution in [0.25, 0.3) is 11.1 Å². The molecule has 2 fully saturated rings. The highest BCUT2D eigenvalue weighted by atomic mass is 32.2. The Morgan fingerprint density at radius 2 is 1.73 bits per heavy atom. The van der Waals surface area contributed by atoms with Gasteiger partial charge >= 0.3 is 5.76 Å². The summed E-state index contributed by atoms with van der Waals surface area (Å²) >= 11 is 0. The number of ether oxygens (including phenoxy) is 1. The van der Waals surface area contributed by atoms with Gasteiger partial charge < -0.3 is 14.1 Å². The first kappa shape index (κ1) is 22.1. The summed E-state index contributed by atoms with van der Waals surface area (Å²) in [5.74, 6) is -0.651. The molecule has 2 saturated heterocycles. The topological polar surface area (TPSA) is 95.8 Å². The molecule has 3 aromatic rings. The molecule has 0 unspecified atom stereocenters. The lowest BCUT2D eigenvalue weighted by Crippen LogP contribution is -2.50. The number of sulfonamides is 1. The number of aromatic nitrogens is 1. The zero-order chi connectivity index (χ0) is 23.0. The van der Waals surface area contributed by atoms with E-state index >= 15 is 0 Å². The zero-order valence-electron chi connectivity index (χ0n) is 18.1. The van der Waals surface area contributed by atoms with Crippen LogP contribution in [-0.2, 0) is 10.0 Å². The van der Waals surface area contributed by atoms with E-state index in [0.29, 0.717) is 36.0 Å². The number of likely N-dealkylation sites (tertiary alicyclic amines) is 1. The number of para-hydroxylation sites is 1. The number of nitrogens with zero attached hydrogens (tertiary/aromatic N) is 2. The lowest BCUT2D eigenvalue weighted by atomic mass is 10.00. The quantitative estimate of drug-likeness (QED) is 0.610. The summed E-state index contributed by atoms with van der Waals surface area (Å²) in [6, 6.07) is 11.2. The molecular weight excluding hydrogens is 449 g/mol. The number of fused-ring (bicyclic) bond motifs is 1. The van der Waals surface area contributed by atoms with E-state index in [4.69, 9.17) is 9.15 Å². The van der Waals surface area contributed by atoms with Crippen molar-refractivity contribution in [2.45, 2.75) is 42.7 Å². The summed E-state index contributed by atoms with van der Waals surface area (Å²) < 4.78 is 52.4. The Morgan fingerprint density at radius 3 is 2.45 bits per heavy atom. The van der Waals surface area contributed by atoms with Gasteiger partial charge in [-0.15, -0.1) is 0 Å². The van der Waals surface area contributed by atoms with Crippen LogP contribution in [0.1, 0.15) is 25.7 Å². The summed E-state index contributed by atoms with van der Waals surface area (Å²) in [6.45, 7) is 2.58. The highest BCUT2D eigenvalue weighted by Crippen LogP contribution is 2.28. The minimum absolute atomic E-state index is 0.0112. The summed E-state index contributed by atoms with van der Waals surface area (Å²) in [4.78, 5) is 16.4. The summed E-state index contributed by atoms with van der Waals surface area (Å²) in [5, 5.41) is 0. The van der Waals surface area contributed by atoms with Crippen molar-refractivity contribution in [2.75, 3.05) is 26.2 Å². The molecule has 33 heavy (non-hydrogen) atoms. The van der Waals surface area contributed by atoms with Crippen LogP contribution in [0.15, 0.2) is 56.6 Å². The highest BCUT2D eigenvalue weighted by Gasteiger charge is 2.33. The van der Waals surface area contributed by atoms with Gasteiger partial charge in [0.05, 0.1) is 10.4 Å². The lowest BCUT2D eigenvalue weighted by molar-refractivity contribution is 0.0568. The number of halogens is 1. The first-order chi connectivity index (χ1) is 15.9. The van der Waals surface area contributed by atoms with Crippen LogP contribution < -0.4 is 10.5 Å². The molecule has 8 nitrogen and oxygen atoms in total. The average molecular weight is 476 g/mol. The third-order valence-corrected chi connectivity index (χ3v) is 8.47. The maximum atomic E-state index is 13.8. The molecule has 0 amide bonds. The van der Waals surface area contributed by atoms with Crippen molar-refractivity contribution in [2.24, 2.45) is 0 Å². The number of aromatic amines is 1. The summed E-state index contributed by atoms with van der Waals surface area (Å²) in [5.41, 5.74) is 0.705. The minimum Gasteiger partial charge on any atom is -0.487 e. The number of oxazole rings is 1. The van der Waals surface area contributed by atoms with Crippen molar-refractivity contribution in [3.05, 3.63) is 58.8 Å². The molecule has 3 heterocycles. The zero-order valence-corrected chi connectivity index (χ0v) is 18.9. The fourth-order valence-electron chi connectivity index (χ4n) is 4.77. The predicted molar refractivity (Wildman–Crippen MR) is 120 cm³/mol. The Balaban J connectivity index is 1.16. The van der Waals surface area contributed by atoms with Gasteiger partial charge in [-0.1, -0.05) is 12.1 Å². The number of hydrogen-bond acceptors (Lipinski definition) is 6. The van der Waals surface area contributed by atoms with Gasteiger partial charge in [-0.05, 0) is 56.0 Å². The van der Waals surface area contributed by atoms with Gasteiger partial charge in [0.25, 0.3) is 0 Å². The largest absolute Gasteiger partial charge is 0.487 e. The molecular formula is C23H26FN3O5S. The lowest BCUT2D eigenvalue weighted by Gasteiger charge is -2.41. The van der Waals surface area contributed by atoms with Crippen LogP contribution >= 0.6 is 0 Å². The van der Waals surface area contributed by atoms with Gasteiger partial charge in [0.1, 0.15) is 6.10 Å². The fraction of sp³-hybridized carbons (Fsp3) is 0.435. The van der Waals surface area contributed by atoms with Gasteiger partial charge in [0.15, 0.2) is 17.1 Å². The molecule has 0 saturated carbocycles. The van der Waals surface area contributed by atoms with E-state index < -0.39 is 15.8 Å². The second-order valence-electron chi connectivity index (χ2n) is 8.59. The molecule has 0 bridgehead atoms. The van der Waals surface area contributed by atoms with E-state index in [0.717, 1.165) is 38.8 Å². The van der Waals surface area contributed by atoms with Gasteiger partial charge in [-0.25, -0.2) is 17.6 Å². The van der Waals surface area contributed by atoms with E-state index in [1.165, 1.54) is 28.6 Å². The van der Waals surface area contributed by atoms with Gasteiger partial charge in [0, 0.05) is 32.2 Å². The first-order valence-corrected chi connectivity index (χ1v) is 12.6. The smallest absolute Gasteiger partial charge is 0.417 e. The Labute approximate surface area is 191 Å². The number of rotatable bonds is 5. The van der Waals surface area contributed by atoms with Crippen molar-refractivity contribution in [3.63, 3.8) is 0 Å². The van der Waals surface area contributed by atoms with Crippen LogP contribution in [-0.4, -0.2) is 60.9 Å². The van der Waals surface area contributed by atoms with Crippen LogP contribution in [0.3, 0.4) is 0 Å². The molecule has 10 heteroatoms. The number of piperidine rings is 2. The fourth-order valence-corrected chi connectivity index (χ4v) is 6.26. The SMILES string of the molecule is O=c1[nH]c2cc(S(=O)(=O)N3CCC(N4CCC(Oc5ccccc5F)CC4)CC3)ccc2o1. The Hall–Kier alpha value is -2.69. The van der Waals surface area contributed by atoms with Crippen molar-refractivity contribution >= 4 is 21.1 Å². The standard InChI is InChI=1S/C23H26FN3O5S/c24-19-3-1-2-4-21(19)31-17-9-11-26(12-10-17)16-7-13-27(14-8-16)33(29,30)18-5-6-22-20(15-18)25-23(28)32-22/h1-6,15-17H,7-14H2,(H,25,28). The minimum atomic E-state index is -3.65. The normalized spacial score (nSPS) is 19.8. The van der Waals surface area contributed by atoms with Crippen molar-refractivity contribution < 1.29 is 22.0 Å². The average Bonchev–Trinajstić information content (AvgIpc) is 3.20. The molecule has 176 valence electrons. The Morgan fingerprint density at radius 1 is 1.00 bits per heavy atom. The predicted octanol–water partition coefficient (Wildman–Crippen LogP) is 2.96. The van der Waals surface area contributed by atoms with Gasteiger partial charge in [-0.2, -0.15) is 4.31 Å². The highest BCUT2D eigenvalue weighted by molar-refractivity contribution is 7.89.